The number of furan rings is 2. The highest BCUT2D eigenvalue weighted by Gasteiger charge is 2.53. The van der Waals surface area contributed by atoms with Crippen molar-refractivity contribution in [3.8, 4) is 23.3 Å². The number of fused-ring (bicyclic) bond motifs is 15. The van der Waals surface area contributed by atoms with E-state index in [-0.39, 0.29) is 5.41 Å². The van der Waals surface area contributed by atoms with Crippen LogP contribution in [0.25, 0.3) is 55.0 Å². The molecular formula is C68H46N4O2. The molecule has 74 heavy (non-hydrogen) atoms. The van der Waals surface area contributed by atoms with Crippen molar-refractivity contribution in [2.24, 2.45) is 0 Å². The Bertz CT molecular complexity index is 4160. The minimum atomic E-state index is -0.707. The molecule has 0 radical (unpaired) electrons. The largest absolute Gasteiger partial charge is 0.454 e. The predicted octanol–water partition coefficient (Wildman–Crippen LogP) is 17.8. The Morgan fingerprint density at radius 2 is 0.730 bits per heavy atom. The molecule has 0 amide bonds. The second-order valence-electron chi connectivity index (χ2n) is 20.3. The van der Waals surface area contributed by atoms with Crippen LogP contribution in [-0.4, -0.2) is 0 Å². The fourth-order valence-electron chi connectivity index (χ4n) is 12.8. The van der Waals surface area contributed by atoms with E-state index in [1.807, 2.05) is 48.5 Å². The van der Waals surface area contributed by atoms with Gasteiger partial charge in [0.2, 0.25) is 0 Å². The van der Waals surface area contributed by atoms with E-state index in [1.54, 1.807) is 0 Å². The highest BCUT2D eigenvalue weighted by molar-refractivity contribution is 6.13. The first kappa shape index (κ1) is 43.2. The maximum Gasteiger partial charge on any atom is 0.159 e. The number of nitriles is 2. The van der Waals surface area contributed by atoms with Gasteiger partial charge in [-0.25, -0.2) is 0 Å². The van der Waals surface area contributed by atoms with Crippen molar-refractivity contribution in [1.82, 2.24) is 0 Å². The molecule has 1 spiro atoms. The molecule has 6 heteroatoms. The van der Waals surface area contributed by atoms with Crippen LogP contribution in [0.15, 0.2) is 215 Å². The zero-order valence-electron chi connectivity index (χ0n) is 41.2. The van der Waals surface area contributed by atoms with Crippen LogP contribution >= 0.6 is 0 Å². The molecule has 2 aliphatic carbocycles. The van der Waals surface area contributed by atoms with E-state index < -0.39 is 5.41 Å². The Labute approximate surface area is 428 Å². The summed E-state index contributed by atoms with van der Waals surface area (Å²) in [5.74, 6) is 0. The van der Waals surface area contributed by atoms with Gasteiger partial charge in [0.25, 0.3) is 0 Å². The normalized spacial score (nSPS) is 13.6. The fraction of sp³-hybridized carbons (Fsp3) is 0.0882. The van der Waals surface area contributed by atoms with Gasteiger partial charge in [-0.1, -0.05) is 159 Å². The predicted molar refractivity (Wildman–Crippen MR) is 299 cm³/mol. The lowest BCUT2D eigenvalue weighted by atomic mass is 9.55. The van der Waals surface area contributed by atoms with Crippen LogP contribution < -0.4 is 9.80 Å². The number of hydrogen-bond donors (Lipinski definition) is 0. The first-order valence-electron chi connectivity index (χ1n) is 25.1. The molecule has 0 bridgehead atoms. The third-order valence-corrected chi connectivity index (χ3v) is 16.0. The minimum Gasteiger partial charge on any atom is -0.454 e. The molecule has 10 aromatic carbocycles. The summed E-state index contributed by atoms with van der Waals surface area (Å²) >= 11 is 0. The van der Waals surface area contributed by atoms with Crippen LogP contribution in [0.3, 0.4) is 0 Å². The van der Waals surface area contributed by atoms with Crippen LogP contribution in [0.1, 0.15) is 69.5 Å². The molecule has 12 aromatic rings. The molecule has 14 rings (SSSR count). The maximum atomic E-state index is 10.8. The number of para-hydroxylation sites is 6. The summed E-state index contributed by atoms with van der Waals surface area (Å²) in [4.78, 5) is 4.39. The van der Waals surface area contributed by atoms with Crippen LogP contribution in [0.2, 0.25) is 0 Å². The van der Waals surface area contributed by atoms with Gasteiger partial charge < -0.3 is 18.6 Å². The molecule has 6 nitrogen and oxygen atoms in total. The number of hydrogen-bond acceptors (Lipinski definition) is 6. The summed E-state index contributed by atoms with van der Waals surface area (Å²) in [6.07, 6.45) is 0. The second kappa shape index (κ2) is 15.9. The molecule has 350 valence electrons. The average Bonchev–Trinajstić information content (AvgIpc) is 4.29. The lowest BCUT2D eigenvalue weighted by Crippen LogP contribution is -2.40. The summed E-state index contributed by atoms with van der Waals surface area (Å²) in [6.45, 7) is 8.84. The number of rotatable bonds is 6. The Hall–Kier alpha value is -9.62. The second-order valence-corrected chi connectivity index (χ2v) is 20.3. The lowest BCUT2D eigenvalue weighted by molar-refractivity contribution is 0.563. The quantitative estimate of drug-likeness (QED) is 0.165. The summed E-state index contributed by atoms with van der Waals surface area (Å²) in [7, 11) is 0. The Morgan fingerprint density at radius 3 is 1.16 bits per heavy atom. The molecule has 0 unspecified atom stereocenters. The molecular weight excluding hydrogens is 905 g/mol. The van der Waals surface area contributed by atoms with E-state index in [0.717, 1.165) is 111 Å². The van der Waals surface area contributed by atoms with Crippen molar-refractivity contribution in [1.29, 1.82) is 10.5 Å². The number of benzene rings is 10. The van der Waals surface area contributed by atoms with Gasteiger partial charge in [0, 0.05) is 38.3 Å². The first-order chi connectivity index (χ1) is 36.2. The third kappa shape index (κ3) is 5.85. The van der Waals surface area contributed by atoms with Gasteiger partial charge in [-0.05, 0) is 130 Å². The van der Waals surface area contributed by atoms with E-state index >= 15 is 0 Å². The van der Waals surface area contributed by atoms with Gasteiger partial charge in [0.1, 0.15) is 23.3 Å². The topological polar surface area (TPSA) is 80.3 Å². The summed E-state index contributed by atoms with van der Waals surface area (Å²) in [5.41, 5.74) is 19.7. The van der Waals surface area contributed by atoms with Crippen molar-refractivity contribution < 1.29 is 8.83 Å². The zero-order chi connectivity index (χ0) is 50.0. The monoisotopic (exact) mass is 950 g/mol. The number of aryl methyl sites for hydroxylation is 2. The van der Waals surface area contributed by atoms with E-state index in [9.17, 15) is 10.5 Å². The molecule has 2 aromatic heterocycles. The SMILES string of the molecule is Cc1cccc2c1oc1c(N(c3ccc4c(c3)-c3cc(N(c5ccccc5C#N)c5cccc6c5oc5c(C)cccc56)ccc3C43c4ccccc4C(C)(C)c4ccccc43)c3ccccc3C#N)cccc12. The lowest BCUT2D eigenvalue weighted by Gasteiger charge is -2.46. The van der Waals surface area contributed by atoms with Crippen molar-refractivity contribution in [2.75, 3.05) is 9.80 Å². The highest BCUT2D eigenvalue weighted by Crippen LogP contribution is 2.63. The van der Waals surface area contributed by atoms with Crippen LogP contribution in [0, 0.1) is 36.5 Å². The smallest absolute Gasteiger partial charge is 0.159 e. The average molecular weight is 951 g/mol. The van der Waals surface area contributed by atoms with Crippen molar-refractivity contribution in [3.05, 3.63) is 262 Å². The van der Waals surface area contributed by atoms with Gasteiger partial charge in [-0.2, -0.15) is 10.5 Å². The van der Waals surface area contributed by atoms with Crippen LogP contribution in [-0.2, 0) is 10.8 Å². The summed E-state index contributed by atoms with van der Waals surface area (Å²) in [5, 5.41) is 25.7. The molecule has 0 N–H and O–H groups in total. The van der Waals surface area contributed by atoms with E-state index in [4.69, 9.17) is 8.83 Å². The molecule has 0 aliphatic heterocycles. The molecule has 0 atom stereocenters. The first-order valence-corrected chi connectivity index (χ1v) is 25.1. The maximum absolute atomic E-state index is 10.8. The van der Waals surface area contributed by atoms with Crippen LogP contribution in [0.4, 0.5) is 34.1 Å². The zero-order valence-corrected chi connectivity index (χ0v) is 41.2. The molecule has 2 aliphatic rings. The molecule has 0 saturated carbocycles. The Morgan fingerprint density at radius 1 is 0.365 bits per heavy atom. The molecule has 0 fully saturated rings. The fourth-order valence-corrected chi connectivity index (χ4v) is 12.8. The van der Waals surface area contributed by atoms with Gasteiger partial charge in [-0.3, -0.25) is 0 Å². The minimum absolute atomic E-state index is 0.288. The van der Waals surface area contributed by atoms with Gasteiger partial charge in [0.15, 0.2) is 11.2 Å². The summed E-state index contributed by atoms with van der Waals surface area (Å²) < 4.78 is 13.8. The van der Waals surface area contributed by atoms with Crippen molar-refractivity contribution in [2.45, 2.75) is 38.5 Å². The standard InChI is InChI=1S/C68H46N4O2/c1-41-17-13-21-47-49-23-15-31-61(65(49)73-63(41)47)71(59-29-11-5-19-43(59)39-69)45-33-35-53-51(37-45)52-38-46(34-36-54(52)68(53)57-27-9-7-25-55(57)67(3,4)56-26-8-10-28-58(56)68)72(60-30-12-6-20-44(60)40-70)62-32-16-24-50-48-22-14-18-42(2)64(48)74-66(50)62/h5-38H,1-4H3. The Kier molecular flexibility index (Phi) is 9.30. The Balaban J connectivity index is 1.09. The highest BCUT2D eigenvalue weighted by atomic mass is 16.3. The van der Waals surface area contributed by atoms with E-state index in [0.29, 0.717) is 11.1 Å². The van der Waals surface area contributed by atoms with Crippen molar-refractivity contribution in [3.63, 3.8) is 0 Å². The summed E-state index contributed by atoms with van der Waals surface area (Å²) in [6, 6.07) is 77.4. The molecule has 0 saturated heterocycles. The van der Waals surface area contributed by atoms with Crippen molar-refractivity contribution >= 4 is 78.0 Å². The van der Waals surface area contributed by atoms with E-state index in [1.165, 1.54) is 22.3 Å². The van der Waals surface area contributed by atoms with Crippen LogP contribution in [0.5, 0.6) is 0 Å². The van der Waals surface area contributed by atoms with Gasteiger partial charge >= 0.3 is 0 Å². The van der Waals surface area contributed by atoms with E-state index in [2.05, 4.69) is 207 Å². The number of anilines is 6. The van der Waals surface area contributed by atoms with Gasteiger partial charge in [0.05, 0.1) is 39.3 Å². The third-order valence-electron chi connectivity index (χ3n) is 16.0. The van der Waals surface area contributed by atoms with Gasteiger partial charge in [-0.15, -0.1) is 0 Å². The molecule has 2 heterocycles. The number of nitrogens with zero attached hydrogens (tertiary/aromatic N) is 4.